The molecule has 20 heavy (non-hydrogen) atoms. The second-order valence-corrected chi connectivity index (χ2v) is 5.29. The molecule has 0 aliphatic carbocycles. The molecule has 0 unspecified atom stereocenters. The number of rotatable bonds is 2. The van der Waals surface area contributed by atoms with Gasteiger partial charge in [-0.25, -0.2) is 0 Å². The summed E-state index contributed by atoms with van der Waals surface area (Å²) in [6.45, 7) is 1.84. The van der Waals surface area contributed by atoms with E-state index in [1.54, 1.807) is 30.3 Å². The standard InChI is InChI=1S/C7H8O3S.C6H6N2O/c1-6-2-4-7(5-3-6)11(8,9)10;7-6(9)5-3-1-2-4-8-5/h2-5H,1H3,(H,8,9,10);1-4H,(H2,7,9). The third-order valence-electron chi connectivity index (χ3n) is 2.24. The molecule has 106 valence electrons. The zero-order valence-corrected chi connectivity index (χ0v) is 11.5. The second-order valence-electron chi connectivity index (χ2n) is 3.87. The van der Waals surface area contributed by atoms with Gasteiger partial charge in [0, 0.05) is 6.20 Å². The number of pyridine rings is 1. The van der Waals surface area contributed by atoms with Crippen molar-refractivity contribution in [2.45, 2.75) is 11.8 Å². The van der Waals surface area contributed by atoms with Crippen molar-refractivity contribution in [2.75, 3.05) is 0 Å². The number of amides is 1. The molecule has 0 spiro atoms. The zero-order valence-electron chi connectivity index (χ0n) is 10.7. The van der Waals surface area contributed by atoms with E-state index in [1.807, 2.05) is 6.92 Å². The summed E-state index contributed by atoms with van der Waals surface area (Å²) in [6.07, 6.45) is 1.53. The Labute approximate surface area is 117 Å². The van der Waals surface area contributed by atoms with Crippen LogP contribution in [0, 0.1) is 6.92 Å². The van der Waals surface area contributed by atoms with E-state index in [2.05, 4.69) is 4.98 Å². The Morgan fingerprint density at radius 3 is 2.10 bits per heavy atom. The van der Waals surface area contributed by atoms with Gasteiger partial charge in [-0.05, 0) is 31.2 Å². The summed E-state index contributed by atoms with van der Waals surface area (Å²) in [5.41, 5.74) is 6.17. The quantitative estimate of drug-likeness (QED) is 0.814. The summed E-state index contributed by atoms with van der Waals surface area (Å²) in [5.74, 6) is -0.490. The molecule has 0 aliphatic heterocycles. The molecule has 0 bridgehead atoms. The molecule has 0 atom stereocenters. The molecule has 1 aromatic heterocycles. The molecule has 0 fully saturated rings. The maximum Gasteiger partial charge on any atom is 0.294 e. The number of hydrogen-bond acceptors (Lipinski definition) is 4. The van der Waals surface area contributed by atoms with Crippen LogP contribution in [0.4, 0.5) is 0 Å². The van der Waals surface area contributed by atoms with Gasteiger partial charge in [0.1, 0.15) is 5.69 Å². The fourth-order valence-electron chi connectivity index (χ4n) is 1.22. The predicted molar refractivity (Wildman–Crippen MR) is 73.7 cm³/mol. The lowest BCUT2D eigenvalue weighted by molar-refractivity contribution is 0.0995. The van der Waals surface area contributed by atoms with Gasteiger partial charge in [-0.1, -0.05) is 23.8 Å². The van der Waals surface area contributed by atoms with Gasteiger partial charge in [-0.3, -0.25) is 14.3 Å². The fourth-order valence-corrected chi connectivity index (χ4v) is 1.70. The summed E-state index contributed by atoms with van der Waals surface area (Å²) >= 11 is 0. The van der Waals surface area contributed by atoms with E-state index in [-0.39, 0.29) is 4.90 Å². The van der Waals surface area contributed by atoms with Gasteiger partial charge < -0.3 is 5.73 Å². The van der Waals surface area contributed by atoms with Crippen LogP contribution >= 0.6 is 0 Å². The molecule has 0 radical (unpaired) electrons. The first-order valence-corrected chi connectivity index (χ1v) is 6.99. The molecule has 0 saturated heterocycles. The molecule has 1 aromatic carbocycles. The van der Waals surface area contributed by atoms with Crippen LogP contribution in [0.25, 0.3) is 0 Å². The molecule has 2 aromatic rings. The molecule has 1 heterocycles. The number of aromatic nitrogens is 1. The van der Waals surface area contributed by atoms with Crippen LogP contribution in [-0.2, 0) is 10.1 Å². The smallest absolute Gasteiger partial charge is 0.294 e. The van der Waals surface area contributed by atoms with Gasteiger partial charge in [-0.2, -0.15) is 8.42 Å². The third-order valence-corrected chi connectivity index (χ3v) is 3.10. The minimum Gasteiger partial charge on any atom is -0.364 e. The van der Waals surface area contributed by atoms with E-state index in [4.69, 9.17) is 10.3 Å². The number of nitrogens with two attached hydrogens (primary N) is 1. The maximum atomic E-state index is 10.5. The Morgan fingerprint density at radius 1 is 1.15 bits per heavy atom. The normalized spacial score (nSPS) is 10.3. The number of hydrogen-bond donors (Lipinski definition) is 2. The van der Waals surface area contributed by atoms with E-state index >= 15 is 0 Å². The third kappa shape index (κ3) is 5.17. The van der Waals surface area contributed by atoms with Crippen LogP contribution in [0.5, 0.6) is 0 Å². The lowest BCUT2D eigenvalue weighted by atomic mass is 10.2. The summed E-state index contributed by atoms with van der Waals surface area (Å²) in [4.78, 5) is 14.0. The molecular formula is C13H14N2O4S. The van der Waals surface area contributed by atoms with E-state index in [0.29, 0.717) is 5.69 Å². The number of aryl methyl sites for hydroxylation is 1. The first-order valence-electron chi connectivity index (χ1n) is 5.55. The molecule has 1 amide bonds. The van der Waals surface area contributed by atoms with Gasteiger partial charge in [0.05, 0.1) is 4.90 Å². The summed E-state index contributed by atoms with van der Waals surface area (Å²) in [5, 5.41) is 0. The molecule has 0 aliphatic rings. The second kappa shape index (κ2) is 6.78. The van der Waals surface area contributed by atoms with Crippen LogP contribution in [0.15, 0.2) is 53.6 Å². The topological polar surface area (TPSA) is 110 Å². The van der Waals surface area contributed by atoms with Crippen molar-refractivity contribution in [1.29, 1.82) is 0 Å². The lowest BCUT2D eigenvalue weighted by Gasteiger charge is -1.95. The van der Waals surface area contributed by atoms with Crippen LogP contribution in [0.1, 0.15) is 16.1 Å². The van der Waals surface area contributed by atoms with Crippen molar-refractivity contribution >= 4 is 16.0 Å². The molecule has 2 rings (SSSR count). The number of carbonyl (C=O) groups excluding carboxylic acids is 1. The Bertz CT molecular complexity index is 667. The van der Waals surface area contributed by atoms with Crippen LogP contribution < -0.4 is 5.73 Å². The van der Waals surface area contributed by atoms with Gasteiger partial charge in [0.15, 0.2) is 0 Å². The molecular weight excluding hydrogens is 280 g/mol. The molecule has 3 N–H and O–H groups in total. The van der Waals surface area contributed by atoms with E-state index in [0.717, 1.165) is 5.56 Å². The van der Waals surface area contributed by atoms with E-state index in [9.17, 15) is 13.2 Å². The number of carbonyl (C=O) groups is 1. The first kappa shape index (κ1) is 15.8. The minimum atomic E-state index is -4.02. The predicted octanol–water partition coefficient (Wildman–Crippen LogP) is 1.42. The monoisotopic (exact) mass is 294 g/mol. The Morgan fingerprint density at radius 2 is 1.75 bits per heavy atom. The average Bonchev–Trinajstić information content (AvgIpc) is 2.40. The Balaban J connectivity index is 0.000000204. The highest BCUT2D eigenvalue weighted by atomic mass is 32.2. The van der Waals surface area contributed by atoms with Gasteiger partial charge in [0.2, 0.25) is 0 Å². The van der Waals surface area contributed by atoms with E-state index in [1.165, 1.54) is 18.3 Å². The number of benzene rings is 1. The molecule has 7 heteroatoms. The zero-order chi connectivity index (χ0) is 15.2. The fraction of sp³-hybridized carbons (Fsp3) is 0.0769. The largest absolute Gasteiger partial charge is 0.364 e. The van der Waals surface area contributed by atoms with Gasteiger partial charge in [-0.15, -0.1) is 0 Å². The van der Waals surface area contributed by atoms with Crippen molar-refractivity contribution in [3.05, 3.63) is 59.9 Å². The Hall–Kier alpha value is -2.25. The van der Waals surface area contributed by atoms with Crippen LogP contribution in [-0.4, -0.2) is 23.9 Å². The van der Waals surface area contributed by atoms with Gasteiger partial charge >= 0.3 is 0 Å². The van der Waals surface area contributed by atoms with Crippen molar-refractivity contribution in [3.8, 4) is 0 Å². The average molecular weight is 294 g/mol. The SMILES string of the molecule is Cc1ccc(S(=O)(=O)O)cc1.NC(=O)c1ccccn1. The molecule has 6 nitrogen and oxygen atoms in total. The highest BCUT2D eigenvalue weighted by Gasteiger charge is 2.06. The lowest BCUT2D eigenvalue weighted by Crippen LogP contribution is -2.12. The van der Waals surface area contributed by atoms with E-state index < -0.39 is 16.0 Å². The maximum absolute atomic E-state index is 10.5. The summed E-state index contributed by atoms with van der Waals surface area (Å²) in [6, 6.07) is 11.0. The van der Waals surface area contributed by atoms with Crippen molar-refractivity contribution in [2.24, 2.45) is 5.73 Å². The van der Waals surface area contributed by atoms with Crippen molar-refractivity contribution in [3.63, 3.8) is 0 Å². The summed E-state index contributed by atoms with van der Waals surface area (Å²) in [7, 11) is -4.02. The Kier molecular flexibility index (Phi) is 5.36. The number of nitrogens with zero attached hydrogens (tertiary/aromatic N) is 1. The minimum absolute atomic E-state index is 0.0666. The van der Waals surface area contributed by atoms with Crippen LogP contribution in [0.2, 0.25) is 0 Å². The highest BCUT2D eigenvalue weighted by Crippen LogP contribution is 2.08. The van der Waals surface area contributed by atoms with Crippen LogP contribution in [0.3, 0.4) is 0 Å². The van der Waals surface area contributed by atoms with Crippen molar-refractivity contribution < 1.29 is 17.8 Å². The summed E-state index contributed by atoms with van der Waals surface area (Å²) < 4.78 is 29.6. The molecule has 0 saturated carbocycles. The van der Waals surface area contributed by atoms with Gasteiger partial charge in [0.25, 0.3) is 16.0 Å². The van der Waals surface area contributed by atoms with Crippen molar-refractivity contribution in [1.82, 2.24) is 4.98 Å². The highest BCUT2D eigenvalue weighted by molar-refractivity contribution is 7.85. The number of primary amides is 1. The first-order chi connectivity index (χ1) is 9.30.